The van der Waals surface area contributed by atoms with Crippen LogP contribution in [0.3, 0.4) is 0 Å². The molecular formula is C2H6INO. The van der Waals surface area contributed by atoms with Crippen molar-refractivity contribution in [2.24, 2.45) is 5.73 Å². The summed E-state index contributed by atoms with van der Waals surface area (Å²) >= 11 is 2.15. The molecule has 2 N–H and O–H groups in total. The Hall–Kier alpha value is 0.200. The minimum Gasteiger partial charge on any atom is -0.372 e. The number of primary amides is 1. The predicted octanol–water partition coefficient (Wildman–Crippen LogP) is 0.153. The van der Waals surface area contributed by atoms with Crippen LogP contribution in [0.5, 0.6) is 0 Å². The highest BCUT2D eigenvalue weighted by Gasteiger charge is 1.19. The second kappa shape index (κ2) is 29.9. The maximum Gasteiger partial charge on any atom is 0.204 e. The fraction of sp³-hybridized carbons (Fsp3) is 0.500. The largest absolute Gasteiger partial charge is 0.372 e. The Labute approximate surface area is 44.9 Å². The fourth-order valence-corrected chi connectivity index (χ4v) is 0. The topological polar surface area (TPSA) is 43.1 Å². The molecule has 32 valence electrons. The van der Waals surface area contributed by atoms with Gasteiger partial charge >= 0.3 is 0 Å². The summed E-state index contributed by atoms with van der Waals surface area (Å²) in [6.45, 7) is 0. The quantitative estimate of drug-likeness (QED) is 0.327. The lowest BCUT2D eigenvalue weighted by Gasteiger charge is -1.32. The van der Waals surface area contributed by atoms with Crippen molar-refractivity contribution in [3.63, 3.8) is 0 Å². The molecular weight excluding hydrogens is 181 g/mol. The van der Waals surface area contributed by atoms with Gasteiger partial charge in [0.25, 0.3) is 0 Å². The summed E-state index contributed by atoms with van der Waals surface area (Å²) in [6, 6.07) is 0. The molecule has 2 nitrogen and oxygen atoms in total. The summed E-state index contributed by atoms with van der Waals surface area (Å²) in [6.07, 6.45) is 0.250. The van der Waals surface area contributed by atoms with Gasteiger partial charge < -0.3 is 5.73 Å². The number of hydrogen-bond acceptors (Lipinski definition) is 1. The van der Waals surface area contributed by atoms with E-state index in [0.29, 0.717) is 0 Å². The Kier molecular flexibility index (Phi) is 53.5. The first-order chi connectivity index (χ1) is 2.41. The number of nitrogens with two attached hydrogens (primary N) is 1. The Morgan fingerprint density at radius 2 is 1.80 bits per heavy atom. The van der Waals surface area contributed by atoms with Gasteiger partial charge in [0.2, 0.25) is 6.41 Å². The minimum atomic E-state index is 0.250. The van der Waals surface area contributed by atoms with Gasteiger partial charge in [0, 0.05) is 0 Å². The Morgan fingerprint density at radius 1 is 1.80 bits per heavy atom. The smallest absolute Gasteiger partial charge is 0.204 e. The van der Waals surface area contributed by atoms with Gasteiger partial charge in [-0.3, -0.25) is 4.79 Å². The van der Waals surface area contributed by atoms with Crippen molar-refractivity contribution in [2.45, 2.75) is 0 Å². The lowest BCUT2D eigenvalue weighted by molar-refractivity contribution is -0.106. The van der Waals surface area contributed by atoms with E-state index in [9.17, 15) is 0 Å². The molecule has 0 heterocycles. The third-order valence-corrected chi connectivity index (χ3v) is 0. The van der Waals surface area contributed by atoms with Crippen LogP contribution >= 0.6 is 22.6 Å². The van der Waals surface area contributed by atoms with Gasteiger partial charge in [-0.05, 0) is 4.93 Å². The Morgan fingerprint density at radius 3 is 1.80 bits per heavy atom. The molecule has 0 unspecified atom stereocenters. The molecule has 0 aliphatic rings. The zero-order chi connectivity index (χ0) is 4.71. The van der Waals surface area contributed by atoms with E-state index >= 15 is 0 Å². The first kappa shape index (κ1) is 8.96. The van der Waals surface area contributed by atoms with Crippen LogP contribution in [0.4, 0.5) is 0 Å². The summed E-state index contributed by atoms with van der Waals surface area (Å²) in [5.41, 5.74) is 4.17. The van der Waals surface area contributed by atoms with E-state index in [1.807, 2.05) is 4.93 Å². The zero-order valence-corrected chi connectivity index (χ0v) is 5.10. The normalized spacial score (nSPS) is 3.60. The first-order valence-corrected chi connectivity index (χ1v) is 3.10. The highest BCUT2D eigenvalue weighted by Crippen LogP contribution is 1.48. The second-order valence-electron chi connectivity index (χ2n) is 0.136. The molecule has 0 aromatic rings. The Bertz CT molecular complexity index is 17.1. The average molecular weight is 187 g/mol. The highest BCUT2D eigenvalue weighted by atomic mass is 127. The van der Waals surface area contributed by atoms with Crippen LogP contribution in [-0.4, -0.2) is 11.3 Å². The van der Waals surface area contributed by atoms with Crippen LogP contribution in [0.2, 0.25) is 0 Å². The summed E-state index contributed by atoms with van der Waals surface area (Å²) in [5, 5.41) is 0. The van der Waals surface area contributed by atoms with Crippen molar-refractivity contribution in [3.8, 4) is 0 Å². The molecule has 3 heteroatoms. The predicted molar refractivity (Wildman–Crippen MR) is 30.2 cm³/mol. The number of halogens is 1. The lowest BCUT2D eigenvalue weighted by Crippen LogP contribution is -1.82. The third-order valence-electron chi connectivity index (χ3n) is 0. The molecule has 0 aliphatic carbocycles. The molecule has 0 rings (SSSR count). The van der Waals surface area contributed by atoms with Crippen LogP contribution < -0.4 is 5.73 Å². The second-order valence-corrected chi connectivity index (χ2v) is 0.136. The molecule has 0 aromatic heterocycles. The van der Waals surface area contributed by atoms with Gasteiger partial charge in [-0.2, -0.15) is 0 Å². The lowest BCUT2D eigenvalue weighted by atomic mass is 11.5. The summed E-state index contributed by atoms with van der Waals surface area (Å²) in [4.78, 5) is 10.6. The molecule has 0 radical (unpaired) electrons. The van der Waals surface area contributed by atoms with Crippen LogP contribution in [-0.2, 0) is 4.79 Å². The number of hydrogen-bond donors (Lipinski definition) is 1. The van der Waals surface area contributed by atoms with E-state index in [-0.39, 0.29) is 6.41 Å². The van der Waals surface area contributed by atoms with Crippen molar-refractivity contribution in [1.82, 2.24) is 0 Å². The van der Waals surface area contributed by atoms with Crippen molar-refractivity contribution < 1.29 is 4.79 Å². The molecule has 0 spiro atoms. The van der Waals surface area contributed by atoms with Gasteiger partial charge in [-0.15, -0.1) is 0 Å². The van der Waals surface area contributed by atoms with Crippen LogP contribution in [0.1, 0.15) is 0 Å². The number of amides is 1. The molecule has 1 amide bonds. The minimum absolute atomic E-state index is 0.250. The molecule has 0 fully saturated rings. The molecule has 0 saturated heterocycles. The van der Waals surface area contributed by atoms with Gasteiger partial charge in [0.15, 0.2) is 0 Å². The van der Waals surface area contributed by atoms with Gasteiger partial charge in [-0.25, -0.2) is 0 Å². The molecule has 0 aromatic carbocycles. The maximum atomic E-state index is 8.58. The standard InChI is InChI=1S/CH3I.CH3NO/c1-2;2-1-3/h1H3;1H,(H2,2,3). The number of alkyl halides is 1. The first-order valence-electron chi connectivity index (χ1n) is 0.947. The molecule has 0 aliphatic heterocycles. The van der Waals surface area contributed by atoms with Crippen molar-refractivity contribution >= 4 is 29.0 Å². The van der Waals surface area contributed by atoms with Gasteiger partial charge in [-0.1, -0.05) is 22.6 Å². The van der Waals surface area contributed by atoms with Gasteiger partial charge in [0.05, 0.1) is 0 Å². The molecule has 0 bridgehead atoms. The third kappa shape index (κ3) is 508. The summed E-state index contributed by atoms with van der Waals surface area (Å²) < 4.78 is 0. The van der Waals surface area contributed by atoms with E-state index in [2.05, 4.69) is 28.3 Å². The van der Waals surface area contributed by atoms with E-state index < -0.39 is 0 Å². The SMILES string of the molecule is CI.NC=O. The van der Waals surface area contributed by atoms with E-state index in [1.54, 1.807) is 0 Å². The van der Waals surface area contributed by atoms with Crippen LogP contribution in [0.15, 0.2) is 0 Å². The van der Waals surface area contributed by atoms with Crippen molar-refractivity contribution in [2.75, 3.05) is 4.93 Å². The van der Waals surface area contributed by atoms with E-state index in [0.717, 1.165) is 0 Å². The van der Waals surface area contributed by atoms with Crippen LogP contribution in [0, 0.1) is 0 Å². The molecule has 5 heavy (non-hydrogen) atoms. The monoisotopic (exact) mass is 187 g/mol. The zero-order valence-electron chi connectivity index (χ0n) is 2.94. The fourth-order valence-electron chi connectivity index (χ4n) is 0. The van der Waals surface area contributed by atoms with Crippen molar-refractivity contribution in [1.29, 1.82) is 0 Å². The highest BCUT2D eigenvalue weighted by molar-refractivity contribution is 14.1. The summed E-state index contributed by atoms with van der Waals surface area (Å²) in [7, 11) is 0. The van der Waals surface area contributed by atoms with E-state index in [1.165, 1.54) is 0 Å². The van der Waals surface area contributed by atoms with E-state index in [4.69, 9.17) is 4.79 Å². The molecule has 0 saturated carbocycles. The maximum absolute atomic E-state index is 8.58. The van der Waals surface area contributed by atoms with Crippen LogP contribution in [0.25, 0.3) is 0 Å². The number of carbonyl (C=O) groups is 1. The number of carbonyl (C=O) groups excluding carboxylic acids is 1. The average Bonchev–Trinajstić information content (AvgIpc) is 1.46. The summed E-state index contributed by atoms with van der Waals surface area (Å²) in [5.74, 6) is 0. The number of rotatable bonds is 0. The van der Waals surface area contributed by atoms with Crippen molar-refractivity contribution in [3.05, 3.63) is 0 Å². The Balaban J connectivity index is 0. The molecule has 0 atom stereocenters. The van der Waals surface area contributed by atoms with Gasteiger partial charge in [0.1, 0.15) is 0 Å².